The van der Waals surface area contributed by atoms with E-state index in [1.165, 1.54) is 12.8 Å². The van der Waals surface area contributed by atoms with E-state index in [9.17, 15) is 14.3 Å². The SMILES string of the molecule is CC/C=C\C/C=C\C/C=C\C/C=C\CCCCCCCOCC(COP(=O)(O)OCCN)OC(=O)CCCCC/C=C\C/C=C\C/C=C\CC. The number of rotatable bonds is 35. The smallest absolute Gasteiger partial charge is 0.457 e. The van der Waals surface area contributed by atoms with Crippen LogP contribution in [0.5, 0.6) is 0 Å². The predicted molar refractivity (Wildman–Crippen MR) is 210 cm³/mol. The molecule has 50 heavy (non-hydrogen) atoms. The van der Waals surface area contributed by atoms with Crippen molar-refractivity contribution < 1.29 is 32.8 Å². The highest BCUT2D eigenvalue weighted by Gasteiger charge is 2.25. The van der Waals surface area contributed by atoms with Gasteiger partial charge in [0, 0.05) is 19.6 Å². The van der Waals surface area contributed by atoms with Gasteiger partial charge in [-0.3, -0.25) is 13.8 Å². The summed E-state index contributed by atoms with van der Waals surface area (Å²) in [5, 5.41) is 0. The van der Waals surface area contributed by atoms with Gasteiger partial charge in [-0.05, 0) is 83.5 Å². The van der Waals surface area contributed by atoms with Crippen molar-refractivity contribution in [2.75, 3.05) is 33.0 Å². The zero-order chi connectivity index (χ0) is 36.6. The van der Waals surface area contributed by atoms with Gasteiger partial charge in [-0.15, -0.1) is 0 Å². The van der Waals surface area contributed by atoms with Crippen molar-refractivity contribution in [3.8, 4) is 0 Å². The van der Waals surface area contributed by atoms with Gasteiger partial charge in [0.15, 0.2) is 0 Å². The highest BCUT2D eigenvalue weighted by atomic mass is 31.2. The monoisotopic (exact) mass is 719 g/mol. The summed E-state index contributed by atoms with van der Waals surface area (Å²) in [5.41, 5.74) is 5.35. The molecule has 0 saturated heterocycles. The molecule has 0 amide bonds. The molecule has 3 N–H and O–H groups in total. The maximum Gasteiger partial charge on any atom is 0.472 e. The first-order valence-electron chi connectivity index (χ1n) is 19.1. The minimum absolute atomic E-state index is 0.0859. The van der Waals surface area contributed by atoms with E-state index >= 15 is 0 Å². The summed E-state index contributed by atoms with van der Waals surface area (Å²) in [6.45, 7) is 4.56. The Morgan fingerprint density at radius 2 is 1.06 bits per heavy atom. The first-order valence-corrected chi connectivity index (χ1v) is 20.6. The lowest BCUT2D eigenvalue weighted by Gasteiger charge is -2.20. The number of unbranched alkanes of at least 4 members (excludes halogenated alkanes) is 8. The first-order chi connectivity index (χ1) is 24.4. The molecule has 0 heterocycles. The van der Waals surface area contributed by atoms with Gasteiger partial charge >= 0.3 is 13.8 Å². The largest absolute Gasteiger partial charge is 0.472 e. The molecule has 286 valence electrons. The topological polar surface area (TPSA) is 117 Å². The van der Waals surface area contributed by atoms with Crippen molar-refractivity contribution in [2.45, 2.75) is 136 Å². The van der Waals surface area contributed by atoms with Gasteiger partial charge < -0.3 is 20.1 Å². The van der Waals surface area contributed by atoms with E-state index in [0.717, 1.165) is 89.9 Å². The van der Waals surface area contributed by atoms with Gasteiger partial charge in [0.1, 0.15) is 6.10 Å². The fraction of sp³-hybridized carbons (Fsp3) is 0.634. The van der Waals surface area contributed by atoms with Crippen molar-refractivity contribution in [3.63, 3.8) is 0 Å². The van der Waals surface area contributed by atoms with Gasteiger partial charge in [-0.2, -0.15) is 0 Å². The van der Waals surface area contributed by atoms with Crippen molar-refractivity contribution >= 4 is 13.8 Å². The molecule has 0 bridgehead atoms. The summed E-state index contributed by atoms with van der Waals surface area (Å²) >= 11 is 0. The standard InChI is InChI=1S/C41H70NO7P/c1-3-5-7-9-11-13-15-17-18-19-20-21-23-25-27-29-31-33-36-46-38-40(39-48-50(44,45)47-37-35-42)49-41(43)34-32-30-28-26-24-22-16-14-12-10-8-6-4-2/h5-8,11-14,17-18,20-22,24,40H,3-4,9-10,15-16,19,23,25-39,42H2,1-2H3,(H,44,45)/b7-5-,8-6-,13-11-,14-12-,18-17-,21-20-,24-22-. The maximum atomic E-state index is 12.5. The highest BCUT2D eigenvalue weighted by molar-refractivity contribution is 7.47. The van der Waals surface area contributed by atoms with Gasteiger partial charge in [0.05, 0.1) is 19.8 Å². The number of allylic oxidation sites excluding steroid dienone is 14. The minimum Gasteiger partial charge on any atom is -0.457 e. The van der Waals surface area contributed by atoms with Gasteiger partial charge in [0.25, 0.3) is 0 Å². The number of ether oxygens (including phenoxy) is 2. The summed E-state index contributed by atoms with van der Waals surface area (Å²) in [7, 11) is -4.29. The maximum absolute atomic E-state index is 12.5. The summed E-state index contributed by atoms with van der Waals surface area (Å²) in [4.78, 5) is 22.4. The van der Waals surface area contributed by atoms with Crippen molar-refractivity contribution in [2.24, 2.45) is 5.73 Å². The average molecular weight is 720 g/mol. The number of carbonyl (C=O) groups is 1. The van der Waals surface area contributed by atoms with Crippen molar-refractivity contribution in [1.29, 1.82) is 0 Å². The van der Waals surface area contributed by atoms with Crippen LogP contribution < -0.4 is 5.73 Å². The second-order valence-electron chi connectivity index (χ2n) is 12.0. The third-order valence-corrected chi connectivity index (χ3v) is 8.29. The fourth-order valence-corrected chi connectivity index (χ4v) is 5.35. The van der Waals surface area contributed by atoms with E-state index in [1.54, 1.807) is 0 Å². The Morgan fingerprint density at radius 1 is 0.600 bits per heavy atom. The molecule has 2 unspecified atom stereocenters. The van der Waals surface area contributed by atoms with Gasteiger partial charge in [-0.1, -0.05) is 125 Å². The van der Waals surface area contributed by atoms with Crippen LogP contribution >= 0.6 is 7.82 Å². The molecule has 0 aromatic rings. The average Bonchev–Trinajstić information content (AvgIpc) is 3.10. The van der Waals surface area contributed by atoms with Gasteiger partial charge in [0.2, 0.25) is 0 Å². The van der Waals surface area contributed by atoms with Crippen LogP contribution in [0, 0.1) is 0 Å². The van der Waals surface area contributed by atoms with Crippen LogP contribution in [0.25, 0.3) is 0 Å². The van der Waals surface area contributed by atoms with Crippen LogP contribution in [0.15, 0.2) is 85.1 Å². The highest BCUT2D eigenvalue weighted by Crippen LogP contribution is 2.43. The Kier molecular flexibility index (Phi) is 36.2. The van der Waals surface area contributed by atoms with E-state index in [-0.39, 0.29) is 38.8 Å². The summed E-state index contributed by atoms with van der Waals surface area (Å²) in [6, 6.07) is 0. The summed E-state index contributed by atoms with van der Waals surface area (Å²) in [6.07, 6.45) is 47.4. The van der Waals surface area contributed by atoms with E-state index in [2.05, 4.69) is 98.9 Å². The molecule has 8 nitrogen and oxygen atoms in total. The fourth-order valence-electron chi connectivity index (χ4n) is 4.59. The van der Waals surface area contributed by atoms with Crippen LogP contribution in [0.1, 0.15) is 129 Å². The molecule has 0 radical (unpaired) electrons. The van der Waals surface area contributed by atoms with Crippen LogP contribution in [0.3, 0.4) is 0 Å². The number of esters is 1. The van der Waals surface area contributed by atoms with E-state index in [0.29, 0.717) is 13.0 Å². The molecule has 0 aromatic heterocycles. The third-order valence-electron chi connectivity index (χ3n) is 7.31. The van der Waals surface area contributed by atoms with E-state index in [4.69, 9.17) is 24.3 Å². The lowest BCUT2D eigenvalue weighted by molar-refractivity contribution is -0.154. The Labute approximate surface area is 305 Å². The zero-order valence-corrected chi connectivity index (χ0v) is 32.2. The van der Waals surface area contributed by atoms with Gasteiger partial charge in [-0.25, -0.2) is 4.57 Å². The summed E-state index contributed by atoms with van der Waals surface area (Å²) in [5.74, 6) is -0.371. The number of nitrogens with two attached hydrogens (primary N) is 1. The second kappa shape index (κ2) is 37.9. The molecule has 0 saturated carbocycles. The number of hydrogen-bond donors (Lipinski definition) is 2. The Balaban J connectivity index is 4.19. The molecular formula is C41H70NO7P. The lowest BCUT2D eigenvalue weighted by atomic mass is 10.1. The lowest BCUT2D eigenvalue weighted by Crippen LogP contribution is -2.28. The Bertz CT molecular complexity index is 1030. The Morgan fingerprint density at radius 3 is 1.58 bits per heavy atom. The number of carbonyl (C=O) groups excluding carboxylic acids is 1. The number of phosphoric acid groups is 1. The molecule has 0 aliphatic rings. The zero-order valence-electron chi connectivity index (χ0n) is 31.3. The van der Waals surface area contributed by atoms with Crippen LogP contribution in [-0.4, -0.2) is 49.9 Å². The number of phosphoric ester groups is 1. The third kappa shape index (κ3) is 36.9. The van der Waals surface area contributed by atoms with Crippen LogP contribution in [-0.2, 0) is 27.9 Å². The Hall–Kier alpha value is -2.32. The molecule has 0 rings (SSSR count). The predicted octanol–water partition coefficient (Wildman–Crippen LogP) is 11.0. The normalized spacial score (nSPS) is 14.6. The molecule has 0 spiro atoms. The van der Waals surface area contributed by atoms with Crippen molar-refractivity contribution in [1.82, 2.24) is 0 Å². The molecule has 0 fully saturated rings. The quantitative estimate of drug-likeness (QED) is 0.0288. The van der Waals surface area contributed by atoms with Crippen molar-refractivity contribution in [3.05, 3.63) is 85.1 Å². The van der Waals surface area contributed by atoms with E-state index < -0.39 is 13.9 Å². The van der Waals surface area contributed by atoms with Crippen LogP contribution in [0.4, 0.5) is 0 Å². The molecule has 0 aliphatic carbocycles. The molecule has 0 aliphatic heterocycles. The minimum atomic E-state index is -4.29. The van der Waals surface area contributed by atoms with Crippen LogP contribution in [0.2, 0.25) is 0 Å². The summed E-state index contributed by atoms with van der Waals surface area (Å²) < 4.78 is 33.3. The molecule has 9 heteroatoms. The first kappa shape index (κ1) is 47.7. The van der Waals surface area contributed by atoms with E-state index in [1.807, 2.05) is 0 Å². The second-order valence-corrected chi connectivity index (χ2v) is 13.5. The molecule has 0 aromatic carbocycles. The number of hydrogen-bond acceptors (Lipinski definition) is 7. The molecule has 2 atom stereocenters. The molecular weight excluding hydrogens is 649 g/mol.